The van der Waals surface area contributed by atoms with Crippen molar-refractivity contribution >= 4 is 5.97 Å². The zero-order valence-corrected chi connectivity index (χ0v) is 11.4. The van der Waals surface area contributed by atoms with Gasteiger partial charge in [0.2, 0.25) is 0 Å². The lowest BCUT2D eigenvalue weighted by Crippen LogP contribution is -2.32. The fourth-order valence-electron chi connectivity index (χ4n) is 1.39. The molecule has 0 rings (SSSR count). The van der Waals surface area contributed by atoms with Crippen LogP contribution in [0.1, 0.15) is 27.2 Å². The Kier molecular flexibility index (Phi) is 9.77. The summed E-state index contributed by atoms with van der Waals surface area (Å²) in [6.07, 6.45) is 0.845. The molecule has 0 spiro atoms. The van der Waals surface area contributed by atoms with Crippen molar-refractivity contribution in [2.45, 2.75) is 27.2 Å². The van der Waals surface area contributed by atoms with Gasteiger partial charge in [-0.05, 0) is 33.0 Å². The number of ether oxygens (including phenoxy) is 1. The molecule has 0 amide bonds. The van der Waals surface area contributed by atoms with Gasteiger partial charge >= 0.3 is 5.97 Å². The first-order chi connectivity index (χ1) is 8.11. The van der Waals surface area contributed by atoms with Crippen molar-refractivity contribution in [3.8, 4) is 0 Å². The number of rotatable bonds is 10. The van der Waals surface area contributed by atoms with Crippen molar-refractivity contribution in [2.24, 2.45) is 0 Å². The van der Waals surface area contributed by atoms with Gasteiger partial charge in [0.05, 0.1) is 6.61 Å². The molecular weight excluding hydrogens is 216 g/mol. The lowest BCUT2D eigenvalue weighted by molar-refractivity contribution is -0.139. The maximum atomic E-state index is 11.0. The maximum Gasteiger partial charge on any atom is 0.333 e. The summed E-state index contributed by atoms with van der Waals surface area (Å²) in [6.45, 7) is 15.1. The smallest absolute Gasteiger partial charge is 0.333 e. The molecule has 0 unspecified atom stereocenters. The molecule has 0 heterocycles. The Balaban J connectivity index is 3.29. The minimum absolute atomic E-state index is 0.298. The second-order valence-electron chi connectivity index (χ2n) is 4.05. The number of hydrogen-bond donors (Lipinski definition) is 1. The summed E-state index contributed by atoms with van der Waals surface area (Å²) < 4.78 is 4.98. The molecule has 17 heavy (non-hydrogen) atoms. The molecule has 0 atom stereocenters. The maximum absolute atomic E-state index is 11.0. The van der Waals surface area contributed by atoms with Crippen molar-refractivity contribution in [1.82, 2.24) is 10.2 Å². The zero-order valence-electron chi connectivity index (χ0n) is 11.4. The Hall–Kier alpha value is -0.870. The molecule has 0 aliphatic rings. The Labute approximate surface area is 105 Å². The molecule has 0 fully saturated rings. The number of nitrogens with one attached hydrogen (secondary N) is 1. The number of carbonyl (C=O) groups is 1. The van der Waals surface area contributed by atoms with Crippen molar-refractivity contribution in [3.05, 3.63) is 12.2 Å². The van der Waals surface area contributed by atoms with Crippen LogP contribution in [-0.2, 0) is 9.53 Å². The summed E-state index contributed by atoms with van der Waals surface area (Å²) in [5.41, 5.74) is 0.458. The highest BCUT2D eigenvalue weighted by Crippen LogP contribution is 1.92. The average molecular weight is 242 g/mol. The van der Waals surface area contributed by atoms with Crippen LogP contribution < -0.4 is 5.32 Å². The predicted octanol–water partition coefficient (Wildman–Crippen LogP) is 1.43. The van der Waals surface area contributed by atoms with Crippen LogP contribution >= 0.6 is 0 Å². The minimum Gasteiger partial charge on any atom is -0.462 e. The van der Waals surface area contributed by atoms with Gasteiger partial charge in [-0.1, -0.05) is 20.4 Å². The molecule has 0 saturated carbocycles. The van der Waals surface area contributed by atoms with Crippen LogP contribution in [0.5, 0.6) is 0 Å². The van der Waals surface area contributed by atoms with Crippen LogP contribution in [0.4, 0.5) is 0 Å². The third kappa shape index (κ3) is 8.89. The van der Waals surface area contributed by atoms with E-state index in [-0.39, 0.29) is 5.97 Å². The summed E-state index contributed by atoms with van der Waals surface area (Å²) in [6, 6.07) is 0. The third-order valence-electron chi connectivity index (χ3n) is 2.58. The van der Waals surface area contributed by atoms with Gasteiger partial charge in [-0.25, -0.2) is 4.79 Å². The van der Waals surface area contributed by atoms with E-state index in [2.05, 4.69) is 30.6 Å². The summed E-state index contributed by atoms with van der Waals surface area (Å²) in [7, 11) is 0. The monoisotopic (exact) mass is 242 g/mol. The topological polar surface area (TPSA) is 41.6 Å². The van der Waals surface area contributed by atoms with Crippen LogP contribution in [0.3, 0.4) is 0 Å². The zero-order chi connectivity index (χ0) is 13.1. The highest BCUT2D eigenvalue weighted by molar-refractivity contribution is 5.86. The normalized spacial score (nSPS) is 10.6. The van der Waals surface area contributed by atoms with Gasteiger partial charge in [-0.2, -0.15) is 0 Å². The predicted molar refractivity (Wildman–Crippen MR) is 71.0 cm³/mol. The van der Waals surface area contributed by atoms with Crippen LogP contribution in [0.15, 0.2) is 12.2 Å². The Bertz CT molecular complexity index is 225. The molecule has 0 aromatic carbocycles. The van der Waals surface area contributed by atoms with E-state index < -0.39 is 0 Å². The lowest BCUT2D eigenvalue weighted by atomic mass is 10.3. The van der Waals surface area contributed by atoms with E-state index in [1.54, 1.807) is 6.92 Å². The molecule has 0 aromatic heterocycles. The molecule has 4 heteroatoms. The van der Waals surface area contributed by atoms with E-state index in [1.165, 1.54) is 0 Å². The molecule has 1 N–H and O–H groups in total. The van der Waals surface area contributed by atoms with E-state index in [0.717, 1.165) is 39.1 Å². The van der Waals surface area contributed by atoms with Gasteiger partial charge in [0, 0.05) is 18.7 Å². The largest absolute Gasteiger partial charge is 0.462 e. The number of carbonyl (C=O) groups excluding carboxylic acids is 1. The Morgan fingerprint density at radius 1 is 1.29 bits per heavy atom. The second kappa shape index (κ2) is 10.3. The number of esters is 1. The van der Waals surface area contributed by atoms with Gasteiger partial charge in [0.25, 0.3) is 0 Å². The van der Waals surface area contributed by atoms with Gasteiger partial charge in [-0.15, -0.1) is 0 Å². The first-order valence-electron chi connectivity index (χ1n) is 6.37. The molecule has 0 aromatic rings. The average Bonchev–Trinajstić information content (AvgIpc) is 2.32. The van der Waals surface area contributed by atoms with Crippen molar-refractivity contribution < 1.29 is 9.53 Å². The third-order valence-corrected chi connectivity index (χ3v) is 2.58. The van der Waals surface area contributed by atoms with Gasteiger partial charge in [0.15, 0.2) is 0 Å². The molecule has 4 nitrogen and oxygen atoms in total. The fraction of sp³-hybridized carbons (Fsp3) is 0.769. The minimum atomic E-state index is -0.298. The summed E-state index contributed by atoms with van der Waals surface area (Å²) in [4.78, 5) is 13.4. The molecule has 0 aliphatic heterocycles. The van der Waals surface area contributed by atoms with Crippen LogP contribution in [0.25, 0.3) is 0 Å². The first-order valence-corrected chi connectivity index (χ1v) is 6.37. The van der Waals surface area contributed by atoms with Crippen molar-refractivity contribution in [1.29, 1.82) is 0 Å². The van der Waals surface area contributed by atoms with E-state index in [4.69, 9.17) is 4.74 Å². The first kappa shape index (κ1) is 16.1. The van der Waals surface area contributed by atoms with E-state index >= 15 is 0 Å². The molecule has 100 valence electrons. The Morgan fingerprint density at radius 3 is 2.47 bits per heavy atom. The molecule has 0 aliphatic carbocycles. The Morgan fingerprint density at radius 2 is 1.94 bits per heavy atom. The van der Waals surface area contributed by atoms with E-state index in [0.29, 0.717) is 12.2 Å². The van der Waals surface area contributed by atoms with Crippen molar-refractivity contribution in [3.63, 3.8) is 0 Å². The summed E-state index contributed by atoms with van der Waals surface area (Å²) in [5, 5.41) is 3.33. The summed E-state index contributed by atoms with van der Waals surface area (Å²) in [5.74, 6) is -0.298. The van der Waals surface area contributed by atoms with Crippen LogP contribution in [-0.4, -0.2) is 50.2 Å². The number of hydrogen-bond acceptors (Lipinski definition) is 4. The summed E-state index contributed by atoms with van der Waals surface area (Å²) >= 11 is 0. The van der Waals surface area contributed by atoms with Gasteiger partial charge < -0.3 is 15.0 Å². The fourth-order valence-corrected chi connectivity index (χ4v) is 1.39. The SMILES string of the molecule is C=C(C)C(=O)OCCCNCCN(CC)CC. The number of nitrogens with zero attached hydrogens (tertiary/aromatic N) is 1. The quantitative estimate of drug-likeness (QED) is 0.357. The highest BCUT2D eigenvalue weighted by atomic mass is 16.5. The second-order valence-corrected chi connectivity index (χ2v) is 4.05. The van der Waals surface area contributed by atoms with Gasteiger partial charge in [0.1, 0.15) is 0 Å². The van der Waals surface area contributed by atoms with Crippen LogP contribution in [0.2, 0.25) is 0 Å². The lowest BCUT2D eigenvalue weighted by Gasteiger charge is -2.17. The molecular formula is C13H26N2O2. The highest BCUT2D eigenvalue weighted by Gasteiger charge is 2.01. The van der Waals surface area contributed by atoms with Crippen molar-refractivity contribution in [2.75, 3.05) is 39.3 Å². The number of likely N-dealkylation sites (N-methyl/N-ethyl adjacent to an activating group) is 1. The molecule has 0 saturated heterocycles. The standard InChI is InChI=1S/C13H26N2O2/c1-5-15(6-2)10-9-14-8-7-11-17-13(16)12(3)4/h14H,3,5-11H2,1-2,4H3. The van der Waals surface area contributed by atoms with Gasteiger partial charge in [-0.3, -0.25) is 0 Å². The van der Waals surface area contributed by atoms with Crippen LogP contribution in [0, 0.1) is 0 Å². The molecule has 0 radical (unpaired) electrons. The van der Waals surface area contributed by atoms with E-state index in [9.17, 15) is 4.79 Å². The molecule has 0 bridgehead atoms. The van der Waals surface area contributed by atoms with E-state index in [1.807, 2.05) is 0 Å².